The van der Waals surface area contributed by atoms with Crippen molar-refractivity contribution < 1.29 is 28.5 Å². The molecule has 10 heteroatoms. The molecule has 0 spiro atoms. The summed E-state index contributed by atoms with van der Waals surface area (Å²) in [5.74, 6) is 0. The van der Waals surface area contributed by atoms with E-state index < -0.39 is 37.5 Å². The first-order chi connectivity index (χ1) is 15.5. The number of hydrogen-bond acceptors (Lipinski definition) is 6. The lowest BCUT2D eigenvalue weighted by molar-refractivity contribution is -0.243. The van der Waals surface area contributed by atoms with Gasteiger partial charge in [0.15, 0.2) is 24.9 Å². The number of likely N-dealkylation sites (N-methyl/N-ethyl adjacent to an activating group) is 2. The van der Waals surface area contributed by atoms with E-state index in [2.05, 4.69) is 0 Å². The molecule has 4 heterocycles. The lowest BCUT2D eigenvalue weighted by Gasteiger charge is -2.34. The van der Waals surface area contributed by atoms with Crippen LogP contribution in [-0.2, 0) is 18.9 Å². The molecule has 0 N–H and O–H groups in total. The zero-order chi connectivity index (χ0) is 22.0. The van der Waals surface area contributed by atoms with E-state index in [1.54, 1.807) is 23.9 Å². The summed E-state index contributed by atoms with van der Waals surface area (Å²) in [5, 5.41) is 0. The Bertz CT molecular complexity index is 695. The van der Waals surface area contributed by atoms with Gasteiger partial charge in [0.05, 0.1) is 0 Å². The lowest BCUT2D eigenvalue weighted by atomic mass is 9.94. The third-order valence-corrected chi connectivity index (χ3v) is 8.10. The standard InChI is InChI=1S/C22H34N4O6/c1-23-15-17(25(21(23)27)13-9-5-3-6-10-13)31-19(29-15)20-30-16-18(32-20)26(22(28)24(16)2)14-11-7-4-8-12-14/h13-20H,3-12H2,1-2H3/t15-,16+,17+,18-,19-,20+. The Labute approximate surface area is 188 Å². The smallest absolute Gasteiger partial charge is 0.319 e. The van der Waals surface area contributed by atoms with Gasteiger partial charge in [0.1, 0.15) is 0 Å². The maximum Gasteiger partial charge on any atom is 0.324 e. The van der Waals surface area contributed by atoms with Crippen molar-refractivity contribution in [3.05, 3.63) is 0 Å². The Morgan fingerprint density at radius 1 is 0.562 bits per heavy atom. The molecule has 4 saturated heterocycles. The zero-order valence-corrected chi connectivity index (χ0v) is 18.9. The average molecular weight is 451 g/mol. The van der Waals surface area contributed by atoms with Crippen LogP contribution in [0.4, 0.5) is 9.59 Å². The first kappa shape index (κ1) is 20.9. The third-order valence-electron chi connectivity index (χ3n) is 8.10. The average Bonchev–Trinajstić information content (AvgIpc) is 3.54. The number of carbonyl (C=O) groups excluding carboxylic acids is 2. The highest BCUT2D eigenvalue weighted by atomic mass is 16.8. The van der Waals surface area contributed by atoms with Gasteiger partial charge in [-0.1, -0.05) is 38.5 Å². The molecule has 6 rings (SSSR count). The highest BCUT2D eigenvalue weighted by molar-refractivity contribution is 5.78. The minimum Gasteiger partial charge on any atom is -0.319 e. The molecular formula is C22H34N4O6. The van der Waals surface area contributed by atoms with E-state index in [4.69, 9.17) is 18.9 Å². The monoisotopic (exact) mass is 450 g/mol. The van der Waals surface area contributed by atoms with E-state index in [1.807, 2.05) is 9.80 Å². The largest absolute Gasteiger partial charge is 0.324 e. The molecule has 0 unspecified atom stereocenters. The van der Waals surface area contributed by atoms with Crippen LogP contribution in [0.3, 0.4) is 0 Å². The summed E-state index contributed by atoms with van der Waals surface area (Å²) in [6.07, 6.45) is 7.63. The summed E-state index contributed by atoms with van der Waals surface area (Å²) >= 11 is 0. The highest BCUT2D eigenvalue weighted by Gasteiger charge is 2.60. The van der Waals surface area contributed by atoms with Gasteiger partial charge in [0.25, 0.3) is 0 Å². The molecule has 4 aliphatic heterocycles. The fraction of sp³-hybridized carbons (Fsp3) is 0.909. The van der Waals surface area contributed by atoms with Crippen LogP contribution in [-0.4, -0.2) is 95.3 Å². The summed E-state index contributed by atoms with van der Waals surface area (Å²) < 4.78 is 24.8. The summed E-state index contributed by atoms with van der Waals surface area (Å²) in [5.41, 5.74) is 0. The van der Waals surface area contributed by atoms with Crippen molar-refractivity contribution in [1.29, 1.82) is 0 Å². The topological polar surface area (TPSA) is 84.0 Å². The molecule has 2 saturated carbocycles. The molecule has 0 aromatic rings. The van der Waals surface area contributed by atoms with Gasteiger partial charge >= 0.3 is 12.1 Å². The molecule has 2 aliphatic carbocycles. The Morgan fingerprint density at radius 3 is 1.28 bits per heavy atom. The second-order valence-corrected chi connectivity index (χ2v) is 10.0. The van der Waals surface area contributed by atoms with Crippen LogP contribution in [0.25, 0.3) is 0 Å². The van der Waals surface area contributed by atoms with Crippen molar-refractivity contribution in [3.8, 4) is 0 Å². The van der Waals surface area contributed by atoms with Crippen LogP contribution < -0.4 is 0 Å². The van der Waals surface area contributed by atoms with E-state index in [0.717, 1.165) is 51.4 Å². The molecule has 178 valence electrons. The van der Waals surface area contributed by atoms with E-state index >= 15 is 0 Å². The van der Waals surface area contributed by atoms with Crippen molar-refractivity contribution in [2.45, 2.75) is 114 Å². The molecule has 0 bridgehead atoms. The Morgan fingerprint density at radius 2 is 0.906 bits per heavy atom. The van der Waals surface area contributed by atoms with Gasteiger partial charge in [-0.25, -0.2) is 9.59 Å². The minimum absolute atomic E-state index is 0.0377. The highest BCUT2D eigenvalue weighted by Crippen LogP contribution is 2.42. The maximum absolute atomic E-state index is 12.9. The fourth-order valence-electron chi connectivity index (χ4n) is 6.36. The number of rotatable bonds is 3. The van der Waals surface area contributed by atoms with Gasteiger partial charge in [-0.05, 0) is 25.7 Å². The number of hydrogen-bond donors (Lipinski definition) is 0. The number of amides is 4. The summed E-state index contributed by atoms with van der Waals surface area (Å²) in [7, 11) is 3.52. The van der Waals surface area contributed by atoms with Crippen LogP contribution in [0.1, 0.15) is 64.2 Å². The zero-order valence-electron chi connectivity index (χ0n) is 18.9. The van der Waals surface area contributed by atoms with Crippen LogP contribution >= 0.6 is 0 Å². The second-order valence-electron chi connectivity index (χ2n) is 10.0. The van der Waals surface area contributed by atoms with E-state index in [-0.39, 0.29) is 24.1 Å². The molecular weight excluding hydrogens is 416 g/mol. The Balaban J connectivity index is 1.16. The molecule has 6 fully saturated rings. The summed E-state index contributed by atoms with van der Waals surface area (Å²) in [6.45, 7) is 0. The summed E-state index contributed by atoms with van der Waals surface area (Å²) in [4.78, 5) is 32.7. The molecule has 6 aliphatic rings. The van der Waals surface area contributed by atoms with Crippen molar-refractivity contribution in [3.63, 3.8) is 0 Å². The predicted octanol–water partition coefficient (Wildman–Crippen LogP) is 2.44. The first-order valence-corrected chi connectivity index (χ1v) is 12.3. The number of carbonyl (C=O) groups is 2. The number of urea groups is 2. The minimum atomic E-state index is -0.742. The van der Waals surface area contributed by atoms with Crippen molar-refractivity contribution in [2.75, 3.05) is 14.1 Å². The molecule has 0 radical (unpaired) electrons. The molecule has 10 nitrogen and oxygen atoms in total. The summed E-state index contributed by atoms with van der Waals surface area (Å²) in [6, 6.07) is 0.298. The van der Waals surface area contributed by atoms with Crippen LogP contribution in [0.15, 0.2) is 0 Å². The molecule has 0 aromatic carbocycles. The maximum atomic E-state index is 12.9. The van der Waals surface area contributed by atoms with Crippen LogP contribution in [0.2, 0.25) is 0 Å². The van der Waals surface area contributed by atoms with E-state index in [0.29, 0.717) is 0 Å². The molecule has 0 aromatic heterocycles. The van der Waals surface area contributed by atoms with Crippen LogP contribution in [0, 0.1) is 0 Å². The molecule has 6 atom stereocenters. The number of ether oxygens (including phenoxy) is 4. The van der Waals surface area contributed by atoms with Gasteiger partial charge in [0, 0.05) is 26.2 Å². The van der Waals surface area contributed by atoms with Crippen molar-refractivity contribution in [2.24, 2.45) is 0 Å². The van der Waals surface area contributed by atoms with E-state index in [1.165, 1.54) is 12.8 Å². The Kier molecular flexibility index (Phi) is 5.24. The normalized spacial score (nSPS) is 41.2. The van der Waals surface area contributed by atoms with Gasteiger partial charge in [-0.15, -0.1) is 0 Å². The van der Waals surface area contributed by atoms with Gasteiger partial charge < -0.3 is 18.9 Å². The quantitative estimate of drug-likeness (QED) is 0.657. The Hall–Kier alpha value is -1.62. The number of fused-ring (bicyclic) bond motifs is 2. The second kappa shape index (κ2) is 8.00. The van der Waals surface area contributed by atoms with Gasteiger partial charge in [-0.2, -0.15) is 0 Å². The van der Waals surface area contributed by atoms with Crippen LogP contribution in [0.5, 0.6) is 0 Å². The lowest BCUT2D eigenvalue weighted by Crippen LogP contribution is -2.47. The number of nitrogens with zero attached hydrogens (tertiary/aromatic N) is 4. The fourth-order valence-corrected chi connectivity index (χ4v) is 6.36. The SMILES string of the molecule is CN1C(=O)N(C2CCCCC2)[C@H]2O[C@H]([C@@H]3O[C@@H]4[C@H](O3)N(C)C(=O)N4C3CCCCC3)O[C@H]21. The van der Waals surface area contributed by atoms with Crippen molar-refractivity contribution >= 4 is 12.1 Å². The molecule has 32 heavy (non-hydrogen) atoms. The van der Waals surface area contributed by atoms with E-state index in [9.17, 15) is 9.59 Å². The van der Waals surface area contributed by atoms with Gasteiger partial charge in [-0.3, -0.25) is 19.6 Å². The van der Waals surface area contributed by atoms with Gasteiger partial charge in [0.2, 0.25) is 12.6 Å². The molecule has 4 amide bonds. The first-order valence-electron chi connectivity index (χ1n) is 12.3. The third kappa shape index (κ3) is 3.13. The predicted molar refractivity (Wildman–Crippen MR) is 111 cm³/mol. The van der Waals surface area contributed by atoms with Crippen molar-refractivity contribution in [1.82, 2.24) is 19.6 Å².